The SMILES string of the molecule is COc1c(CO)ccc2sc(Br)nc12. The van der Waals surface area contributed by atoms with Gasteiger partial charge in [-0.15, -0.1) is 11.3 Å². The van der Waals surface area contributed by atoms with Crippen LogP contribution in [0.15, 0.2) is 16.0 Å². The van der Waals surface area contributed by atoms with Crippen LogP contribution in [0, 0.1) is 0 Å². The number of thiazole rings is 1. The number of aromatic nitrogens is 1. The summed E-state index contributed by atoms with van der Waals surface area (Å²) in [5.41, 5.74) is 1.56. The fourth-order valence-electron chi connectivity index (χ4n) is 1.34. The highest BCUT2D eigenvalue weighted by molar-refractivity contribution is 9.11. The summed E-state index contributed by atoms with van der Waals surface area (Å²) in [6.07, 6.45) is 0. The molecule has 0 atom stereocenters. The van der Waals surface area contributed by atoms with Crippen molar-refractivity contribution in [3.05, 3.63) is 21.6 Å². The van der Waals surface area contributed by atoms with Gasteiger partial charge in [-0.25, -0.2) is 4.98 Å². The van der Waals surface area contributed by atoms with Crippen molar-refractivity contribution >= 4 is 37.5 Å². The molecule has 0 spiro atoms. The van der Waals surface area contributed by atoms with Gasteiger partial charge in [0.2, 0.25) is 0 Å². The molecule has 0 aliphatic carbocycles. The number of hydrogen-bond donors (Lipinski definition) is 1. The number of aliphatic hydroxyl groups is 1. The van der Waals surface area contributed by atoms with Crippen LogP contribution in [-0.2, 0) is 6.61 Å². The molecular weight excluding hydrogens is 266 g/mol. The Hall–Kier alpha value is -0.650. The zero-order valence-corrected chi connectivity index (χ0v) is 9.85. The van der Waals surface area contributed by atoms with E-state index in [0.717, 1.165) is 19.7 Å². The van der Waals surface area contributed by atoms with Gasteiger partial charge in [-0.05, 0) is 22.0 Å². The number of rotatable bonds is 2. The first-order valence-electron chi connectivity index (χ1n) is 3.99. The lowest BCUT2D eigenvalue weighted by atomic mass is 10.2. The van der Waals surface area contributed by atoms with Gasteiger partial charge in [0.05, 0.1) is 18.4 Å². The van der Waals surface area contributed by atoms with E-state index in [2.05, 4.69) is 20.9 Å². The van der Waals surface area contributed by atoms with Crippen LogP contribution in [-0.4, -0.2) is 17.2 Å². The lowest BCUT2D eigenvalue weighted by Crippen LogP contribution is -1.92. The Labute approximate surface area is 93.5 Å². The summed E-state index contributed by atoms with van der Waals surface area (Å²) < 4.78 is 7.09. The van der Waals surface area contributed by atoms with Crippen molar-refractivity contribution in [2.75, 3.05) is 7.11 Å². The second-order valence-corrected chi connectivity index (χ2v) is 5.04. The van der Waals surface area contributed by atoms with Gasteiger partial charge in [-0.2, -0.15) is 0 Å². The summed E-state index contributed by atoms with van der Waals surface area (Å²) >= 11 is 4.87. The summed E-state index contributed by atoms with van der Waals surface area (Å²) in [4.78, 5) is 4.29. The molecule has 2 aromatic rings. The van der Waals surface area contributed by atoms with Crippen LogP contribution in [0.1, 0.15) is 5.56 Å². The fraction of sp³-hybridized carbons (Fsp3) is 0.222. The third-order valence-corrected chi connectivity index (χ3v) is 3.42. The van der Waals surface area contributed by atoms with Crippen LogP contribution in [0.5, 0.6) is 5.75 Å². The van der Waals surface area contributed by atoms with Crippen molar-refractivity contribution in [2.45, 2.75) is 6.61 Å². The number of ether oxygens (including phenoxy) is 1. The first kappa shape index (κ1) is 9.89. The highest BCUT2D eigenvalue weighted by Crippen LogP contribution is 2.34. The van der Waals surface area contributed by atoms with Crippen molar-refractivity contribution in [1.82, 2.24) is 4.98 Å². The molecule has 0 aliphatic heterocycles. The van der Waals surface area contributed by atoms with Crippen LogP contribution in [0.2, 0.25) is 0 Å². The number of aliphatic hydroxyl groups excluding tert-OH is 1. The van der Waals surface area contributed by atoms with Crippen molar-refractivity contribution < 1.29 is 9.84 Å². The minimum Gasteiger partial charge on any atom is -0.494 e. The average molecular weight is 274 g/mol. The van der Waals surface area contributed by atoms with E-state index < -0.39 is 0 Å². The maximum atomic E-state index is 9.10. The Bertz CT molecular complexity index is 469. The quantitative estimate of drug-likeness (QED) is 0.915. The van der Waals surface area contributed by atoms with E-state index in [1.165, 1.54) is 0 Å². The van der Waals surface area contributed by atoms with Gasteiger partial charge in [-0.3, -0.25) is 0 Å². The number of hydrogen-bond acceptors (Lipinski definition) is 4. The minimum atomic E-state index is -0.0335. The summed E-state index contributed by atoms with van der Waals surface area (Å²) in [5.74, 6) is 0.659. The highest BCUT2D eigenvalue weighted by atomic mass is 79.9. The van der Waals surface area contributed by atoms with Gasteiger partial charge < -0.3 is 9.84 Å². The van der Waals surface area contributed by atoms with Crippen LogP contribution in [0.25, 0.3) is 10.2 Å². The molecule has 5 heteroatoms. The van der Waals surface area contributed by atoms with E-state index in [1.54, 1.807) is 18.4 Å². The molecule has 0 saturated carbocycles. The Morgan fingerprint density at radius 1 is 1.57 bits per heavy atom. The van der Waals surface area contributed by atoms with Crippen LogP contribution in [0.3, 0.4) is 0 Å². The summed E-state index contributed by atoms with van der Waals surface area (Å²) in [7, 11) is 1.58. The maximum absolute atomic E-state index is 9.10. The van der Waals surface area contributed by atoms with Gasteiger partial charge in [0.15, 0.2) is 9.67 Å². The zero-order valence-electron chi connectivity index (χ0n) is 7.45. The summed E-state index contributed by atoms with van der Waals surface area (Å²) in [5, 5.41) is 9.10. The predicted molar refractivity (Wildman–Crippen MR) is 59.8 cm³/mol. The van der Waals surface area contributed by atoms with Crippen molar-refractivity contribution in [3.63, 3.8) is 0 Å². The van der Waals surface area contributed by atoms with Crippen molar-refractivity contribution in [2.24, 2.45) is 0 Å². The molecule has 0 saturated heterocycles. The zero-order chi connectivity index (χ0) is 10.1. The third kappa shape index (κ3) is 1.51. The molecule has 0 fully saturated rings. The smallest absolute Gasteiger partial charge is 0.160 e. The molecule has 0 bridgehead atoms. The fourth-order valence-corrected chi connectivity index (χ4v) is 2.73. The van der Waals surface area contributed by atoms with Crippen LogP contribution < -0.4 is 4.74 Å². The normalized spacial score (nSPS) is 10.8. The van der Waals surface area contributed by atoms with Gasteiger partial charge in [0, 0.05) is 5.56 Å². The number of methoxy groups -OCH3 is 1. The van der Waals surface area contributed by atoms with E-state index in [4.69, 9.17) is 9.84 Å². The second-order valence-electron chi connectivity index (χ2n) is 2.73. The van der Waals surface area contributed by atoms with Gasteiger partial charge >= 0.3 is 0 Å². The van der Waals surface area contributed by atoms with Crippen molar-refractivity contribution in [1.29, 1.82) is 0 Å². The monoisotopic (exact) mass is 273 g/mol. The minimum absolute atomic E-state index is 0.0335. The number of fused-ring (bicyclic) bond motifs is 1. The molecular formula is C9H8BrNO2S. The highest BCUT2D eigenvalue weighted by Gasteiger charge is 2.11. The van der Waals surface area contributed by atoms with Gasteiger partial charge in [0.1, 0.15) is 5.52 Å². The Balaban J connectivity index is 2.75. The standard InChI is InChI=1S/C9H8BrNO2S/c1-13-8-5(4-12)2-3-6-7(8)11-9(10)14-6/h2-3,12H,4H2,1H3. The van der Waals surface area contributed by atoms with E-state index in [0.29, 0.717) is 5.75 Å². The molecule has 0 amide bonds. The number of benzene rings is 1. The van der Waals surface area contributed by atoms with E-state index in [-0.39, 0.29) is 6.61 Å². The van der Waals surface area contributed by atoms with Crippen LogP contribution >= 0.6 is 27.3 Å². The molecule has 74 valence electrons. The van der Waals surface area contributed by atoms with E-state index in [1.807, 2.05) is 12.1 Å². The molecule has 0 radical (unpaired) electrons. The van der Waals surface area contributed by atoms with Crippen molar-refractivity contribution in [3.8, 4) is 5.75 Å². The molecule has 1 aromatic heterocycles. The molecule has 1 N–H and O–H groups in total. The largest absolute Gasteiger partial charge is 0.494 e. The molecule has 2 rings (SSSR count). The first-order valence-corrected chi connectivity index (χ1v) is 5.60. The van der Waals surface area contributed by atoms with Gasteiger partial charge in [-0.1, -0.05) is 6.07 Å². The summed E-state index contributed by atoms with van der Waals surface area (Å²) in [6.45, 7) is -0.0335. The predicted octanol–water partition coefficient (Wildman–Crippen LogP) is 2.56. The van der Waals surface area contributed by atoms with Crippen LogP contribution in [0.4, 0.5) is 0 Å². The lowest BCUT2D eigenvalue weighted by Gasteiger charge is -2.05. The van der Waals surface area contributed by atoms with E-state index in [9.17, 15) is 0 Å². The molecule has 3 nitrogen and oxygen atoms in total. The number of nitrogens with zero attached hydrogens (tertiary/aromatic N) is 1. The first-order chi connectivity index (χ1) is 6.76. The van der Waals surface area contributed by atoms with Gasteiger partial charge in [0.25, 0.3) is 0 Å². The average Bonchev–Trinajstić information content (AvgIpc) is 2.56. The Kier molecular flexibility index (Phi) is 2.71. The number of halogens is 1. The Morgan fingerprint density at radius 3 is 3.00 bits per heavy atom. The molecule has 0 aliphatic rings. The Morgan fingerprint density at radius 2 is 2.36 bits per heavy atom. The third-order valence-electron chi connectivity index (χ3n) is 1.94. The lowest BCUT2D eigenvalue weighted by molar-refractivity contribution is 0.274. The molecule has 0 unspecified atom stereocenters. The van der Waals surface area contributed by atoms with E-state index >= 15 is 0 Å². The molecule has 1 heterocycles. The molecule has 14 heavy (non-hydrogen) atoms. The topological polar surface area (TPSA) is 42.4 Å². The summed E-state index contributed by atoms with van der Waals surface area (Å²) in [6, 6.07) is 3.79. The maximum Gasteiger partial charge on any atom is 0.160 e. The molecule has 1 aromatic carbocycles. The second kappa shape index (κ2) is 3.84.